The van der Waals surface area contributed by atoms with Crippen LogP contribution in [0.4, 0.5) is 0 Å². The molecule has 1 aromatic rings. The Hall–Kier alpha value is -1.59. The molecule has 2 aliphatic heterocycles. The van der Waals surface area contributed by atoms with E-state index in [4.69, 9.17) is 9.47 Å². The number of ether oxygens (including phenoxy) is 2. The highest BCUT2D eigenvalue weighted by molar-refractivity contribution is 5.79. The predicted octanol–water partition coefficient (Wildman–Crippen LogP) is 3.44. The average molecular weight is 413 g/mol. The van der Waals surface area contributed by atoms with E-state index in [1.165, 1.54) is 49.9 Å². The van der Waals surface area contributed by atoms with Gasteiger partial charge in [-0.1, -0.05) is 12.5 Å². The topological polar surface area (TPSA) is 42.0 Å². The summed E-state index contributed by atoms with van der Waals surface area (Å²) in [6.45, 7) is 5.27. The quantitative estimate of drug-likeness (QED) is 0.760. The van der Waals surface area contributed by atoms with Gasteiger partial charge < -0.3 is 14.4 Å². The highest BCUT2D eigenvalue weighted by atomic mass is 16.5. The first kappa shape index (κ1) is 20.3. The van der Waals surface area contributed by atoms with Crippen LogP contribution in [0.15, 0.2) is 18.2 Å². The average Bonchev–Trinajstić information content (AvgIpc) is 2.96. The zero-order valence-corrected chi connectivity index (χ0v) is 18.2. The van der Waals surface area contributed by atoms with Crippen LogP contribution in [-0.2, 0) is 22.4 Å². The van der Waals surface area contributed by atoms with Gasteiger partial charge in [0, 0.05) is 38.1 Å². The third kappa shape index (κ3) is 4.52. The van der Waals surface area contributed by atoms with Crippen molar-refractivity contribution in [3.05, 3.63) is 29.3 Å². The predicted molar refractivity (Wildman–Crippen MR) is 117 cm³/mol. The van der Waals surface area contributed by atoms with Crippen molar-refractivity contribution in [3.63, 3.8) is 0 Å². The van der Waals surface area contributed by atoms with Crippen molar-refractivity contribution in [2.45, 2.75) is 69.9 Å². The van der Waals surface area contributed by atoms with E-state index in [1.54, 1.807) is 0 Å². The maximum Gasteiger partial charge on any atom is 0.225 e. The molecule has 1 amide bonds. The second-order valence-corrected chi connectivity index (χ2v) is 9.58. The largest absolute Gasteiger partial charge is 0.490 e. The van der Waals surface area contributed by atoms with Crippen LogP contribution in [0.25, 0.3) is 0 Å². The van der Waals surface area contributed by atoms with Gasteiger partial charge in [-0.05, 0) is 74.6 Å². The Morgan fingerprint density at radius 3 is 2.33 bits per heavy atom. The Bertz CT molecular complexity index is 734. The van der Waals surface area contributed by atoms with Crippen LogP contribution in [0, 0.1) is 5.92 Å². The molecule has 1 saturated heterocycles. The summed E-state index contributed by atoms with van der Waals surface area (Å²) in [4.78, 5) is 17.4. The highest BCUT2D eigenvalue weighted by Crippen LogP contribution is 2.32. The van der Waals surface area contributed by atoms with E-state index >= 15 is 0 Å². The molecule has 5 nitrogen and oxygen atoms in total. The van der Waals surface area contributed by atoms with Crippen molar-refractivity contribution in [3.8, 4) is 5.75 Å². The Morgan fingerprint density at radius 2 is 1.63 bits per heavy atom. The molecule has 2 heterocycles. The van der Waals surface area contributed by atoms with Crippen molar-refractivity contribution in [2.75, 3.05) is 39.4 Å². The fourth-order valence-corrected chi connectivity index (χ4v) is 5.57. The van der Waals surface area contributed by atoms with E-state index in [-0.39, 0.29) is 12.0 Å². The zero-order chi connectivity index (χ0) is 20.3. The van der Waals surface area contributed by atoms with E-state index in [9.17, 15) is 4.79 Å². The van der Waals surface area contributed by atoms with Gasteiger partial charge in [-0.25, -0.2) is 0 Å². The van der Waals surface area contributed by atoms with Crippen molar-refractivity contribution in [1.29, 1.82) is 0 Å². The third-order valence-electron chi connectivity index (χ3n) is 7.75. The summed E-state index contributed by atoms with van der Waals surface area (Å²) in [5, 5.41) is 0. The number of morpholine rings is 1. The lowest BCUT2D eigenvalue weighted by atomic mass is 9.86. The number of carbonyl (C=O) groups is 1. The van der Waals surface area contributed by atoms with Crippen molar-refractivity contribution in [1.82, 2.24) is 9.80 Å². The first-order valence-electron chi connectivity index (χ1n) is 12.2. The summed E-state index contributed by atoms with van der Waals surface area (Å²) >= 11 is 0. The minimum absolute atomic E-state index is 0.174. The number of fused-ring (bicyclic) bond motifs is 1. The first-order valence-corrected chi connectivity index (χ1v) is 12.2. The Labute approximate surface area is 180 Å². The summed E-state index contributed by atoms with van der Waals surface area (Å²) in [5.74, 6) is 1.53. The molecular formula is C25H36N2O3. The smallest absolute Gasteiger partial charge is 0.225 e. The SMILES string of the molecule is O=C(C1CCC(Oc2ccc3c(c2)CCN(C2CCC2)CC3)CC1)N1CCOCC1. The summed E-state index contributed by atoms with van der Waals surface area (Å²) < 4.78 is 11.8. The molecule has 164 valence electrons. The normalized spacial score (nSPS) is 28.3. The molecule has 30 heavy (non-hydrogen) atoms. The van der Waals surface area contributed by atoms with E-state index in [2.05, 4.69) is 23.1 Å². The minimum Gasteiger partial charge on any atom is -0.490 e. The molecule has 3 fully saturated rings. The van der Waals surface area contributed by atoms with E-state index in [0.717, 1.165) is 57.0 Å². The number of amides is 1. The number of hydrogen-bond donors (Lipinski definition) is 0. The lowest BCUT2D eigenvalue weighted by Gasteiger charge is -2.36. The maximum atomic E-state index is 12.7. The number of benzene rings is 1. The van der Waals surface area contributed by atoms with Crippen LogP contribution < -0.4 is 4.74 Å². The van der Waals surface area contributed by atoms with Gasteiger partial charge in [-0.15, -0.1) is 0 Å². The van der Waals surface area contributed by atoms with Crippen molar-refractivity contribution in [2.24, 2.45) is 5.92 Å². The fourth-order valence-electron chi connectivity index (χ4n) is 5.57. The molecule has 2 saturated carbocycles. The summed E-state index contributed by atoms with van der Waals surface area (Å²) in [6.07, 6.45) is 10.6. The second-order valence-electron chi connectivity index (χ2n) is 9.58. The summed E-state index contributed by atoms with van der Waals surface area (Å²) in [7, 11) is 0. The molecule has 0 radical (unpaired) electrons. The molecule has 5 heteroatoms. The Morgan fingerprint density at radius 1 is 0.900 bits per heavy atom. The third-order valence-corrected chi connectivity index (χ3v) is 7.75. The van der Waals surface area contributed by atoms with Gasteiger partial charge >= 0.3 is 0 Å². The highest BCUT2D eigenvalue weighted by Gasteiger charge is 2.31. The molecule has 2 aliphatic carbocycles. The van der Waals surface area contributed by atoms with Gasteiger partial charge in [0.2, 0.25) is 5.91 Å². The molecule has 5 rings (SSSR count). The fraction of sp³-hybridized carbons (Fsp3) is 0.720. The van der Waals surface area contributed by atoms with E-state index < -0.39 is 0 Å². The van der Waals surface area contributed by atoms with Gasteiger partial charge in [0.1, 0.15) is 5.75 Å². The zero-order valence-electron chi connectivity index (χ0n) is 18.2. The van der Waals surface area contributed by atoms with Crippen LogP contribution in [0.5, 0.6) is 5.75 Å². The minimum atomic E-state index is 0.174. The molecule has 0 spiro atoms. The van der Waals surface area contributed by atoms with Gasteiger partial charge in [0.15, 0.2) is 0 Å². The lowest BCUT2D eigenvalue weighted by Crippen LogP contribution is -2.45. The second kappa shape index (κ2) is 9.27. The Kier molecular flexibility index (Phi) is 6.28. The Balaban J connectivity index is 1.13. The number of nitrogens with zero attached hydrogens (tertiary/aromatic N) is 2. The summed E-state index contributed by atoms with van der Waals surface area (Å²) in [5.41, 5.74) is 2.98. The monoisotopic (exact) mass is 412 g/mol. The standard InChI is InChI=1S/C25H36N2O3/c28-25(27-14-16-29-17-15-27)20-5-7-23(8-6-20)30-24-9-4-19-10-12-26(22-2-1-3-22)13-11-21(19)18-24/h4,9,18,20,22-23H,1-3,5-8,10-17H2. The van der Waals surface area contributed by atoms with E-state index in [1.807, 2.05) is 4.90 Å². The molecule has 0 N–H and O–H groups in total. The molecule has 0 unspecified atom stereocenters. The van der Waals surface area contributed by atoms with Crippen molar-refractivity contribution >= 4 is 5.91 Å². The number of carbonyl (C=O) groups excluding carboxylic acids is 1. The van der Waals surface area contributed by atoms with Gasteiger partial charge in [-0.2, -0.15) is 0 Å². The van der Waals surface area contributed by atoms with Crippen LogP contribution in [0.2, 0.25) is 0 Å². The van der Waals surface area contributed by atoms with Crippen LogP contribution in [-0.4, -0.2) is 67.2 Å². The van der Waals surface area contributed by atoms with Crippen LogP contribution in [0.3, 0.4) is 0 Å². The molecule has 0 bridgehead atoms. The van der Waals surface area contributed by atoms with Crippen molar-refractivity contribution < 1.29 is 14.3 Å². The van der Waals surface area contributed by atoms with Gasteiger partial charge in [-0.3, -0.25) is 9.69 Å². The molecule has 1 aromatic carbocycles. The maximum absolute atomic E-state index is 12.7. The van der Waals surface area contributed by atoms with Gasteiger partial charge in [0.25, 0.3) is 0 Å². The molecule has 0 atom stereocenters. The molecular weight excluding hydrogens is 376 g/mol. The summed E-state index contributed by atoms with van der Waals surface area (Å²) in [6, 6.07) is 7.60. The van der Waals surface area contributed by atoms with E-state index in [0.29, 0.717) is 19.1 Å². The van der Waals surface area contributed by atoms with Gasteiger partial charge in [0.05, 0.1) is 19.3 Å². The van der Waals surface area contributed by atoms with Crippen LogP contribution >= 0.6 is 0 Å². The lowest BCUT2D eigenvalue weighted by molar-refractivity contribution is -0.141. The first-order chi connectivity index (χ1) is 14.8. The molecule has 4 aliphatic rings. The number of hydrogen-bond acceptors (Lipinski definition) is 4. The molecule has 0 aromatic heterocycles. The van der Waals surface area contributed by atoms with Crippen LogP contribution in [0.1, 0.15) is 56.1 Å². The number of rotatable bonds is 4.